The maximum Gasteiger partial charge on any atom is 0.407 e. The summed E-state index contributed by atoms with van der Waals surface area (Å²) in [6.07, 6.45) is 1.12. The summed E-state index contributed by atoms with van der Waals surface area (Å²) in [5, 5.41) is 13.3. The lowest BCUT2D eigenvalue weighted by Crippen LogP contribution is -2.15. The second kappa shape index (κ2) is 6.88. The fraction of sp³-hybridized carbons (Fsp3) is 0.500. The molecule has 0 bridgehead atoms. The Balaban J connectivity index is 0.00000200. The average molecular weight is 280 g/mol. The van der Waals surface area contributed by atoms with Gasteiger partial charge in [0, 0.05) is 12.1 Å². The van der Waals surface area contributed by atoms with Crippen LogP contribution >= 0.6 is 0 Å². The van der Waals surface area contributed by atoms with E-state index in [9.17, 15) is 14.9 Å². The summed E-state index contributed by atoms with van der Waals surface area (Å²) in [4.78, 5) is 21.2. The smallest absolute Gasteiger partial charge is 0.407 e. The SMILES string of the molecule is C.C[C@H](CC[C@@H]1CNC(=O)O1)c1cccc([N+](=O)[O-])c1. The monoisotopic (exact) mass is 280 g/mol. The first-order valence-electron chi connectivity index (χ1n) is 6.25. The minimum atomic E-state index is -0.390. The first kappa shape index (κ1) is 15.9. The zero-order valence-corrected chi connectivity index (χ0v) is 10.7. The average Bonchev–Trinajstić information content (AvgIpc) is 2.82. The topological polar surface area (TPSA) is 81.5 Å². The number of nitrogens with zero attached hydrogens (tertiary/aromatic N) is 1. The van der Waals surface area contributed by atoms with Gasteiger partial charge in [-0.25, -0.2) is 4.79 Å². The fourth-order valence-electron chi connectivity index (χ4n) is 2.14. The van der Waals surface area contributed by atoms with Crippen LogP contribution in [-0.4, -0.2) is 23.7 Å². The number of non-ortho nitro benzene ring substituents is 1. The molecule has 6 nitrogen and oxygen atoms in total. The van der Waals surface area contributed by atoms with Crippen molar-refractivity contribution >= 4 is 11.8 Å². The number of nitro benzene ring substituents is 1. The molecule has 1 amide bonds. The van der Waals surface area contributed by atoms with Crippen LogP contribution in [0.15, 0.2) is 24.3 Å². The Morgan fingerprint density at radius 3 is 2.90 bits per heavy atom. The van der Waals surface area contributed by atoms with Crippen LogP contribution in [0.3, 0.4) is 0 Å². The predicted octanol–water partition coefficient (Wildman–Crippen LogP) is 3.22. The van der Waals surface area contributed by atoms with Crippen LogP contribution in [0.5, 0.6) is 0 Å². The van der Waals surface area contributed by atoms with Gasteiger partial charge in [0.15, 0.2) is 0 Å². The molecule has 0 unspecified atom stereocenters. The second-order valence-electron chi connectivity index (χ2n) is 4.74. The molecule has 0 spiro atoms. The molecule has 1 fully saturated rings. The van der Waals surface area contributed by atoms with Gasteiger partial charge in [0.1, 0.15) is 6.10 Å². The van der Waals surface area contributed by atoms with E-state index >= 15 is 0 Å². The van der Waals surface area contributed by atoms with Crippen molar-refractivity contribution in [3.05, 3.63) is 39.9 Å². The van der Waals surface area contributed by atoms with E-state index in [0.717, 1.165) is 18.4 Å². The van der Waals surface area contributed by atoms with Crippen LogP contribution < -0.4 is 5.32 Å². The van der Waals surface area contributed by atoms with E-state index in [1.807, 2.05) is 13.0 Å². The van der Waals surface area contributed by atoms with E-state index < -0.39 is 0 Å². The molecule has 2 rings (SSSR count). The highest BCUT2D eigenvalue weighted by Gasteiger charge is 2.23. The number of alkyl carbamates (subject to hydrolysis) is 1. The molecule has 20 heavy (non-hydrogen) atoms. The van der Waals surface area contributed by atoms with Crippen molar-refractivity contribution in [2.75, 3.05) is 6.54 Å². The minimum absolute atomic E-state index is 0. The Hall–Kier alpha value is -2.11. The zero-order valence-electron chi connectivity index (χ0n) is 10.7. The first-order chi connectivity index (χ1) is 9.06. The molecule has 6 heteroatoms. The van der Waals surface area contributed by atoms with E-state index in [1.54, 1.807) is 12.1 Å². The van der Waals surface area contributed by atoms with Crippen LogP contribution in [0.4, 0.5) is 10.5 Å². The Bertz CT molecular complexity index is 490. The number of cyclic esters (lactones) is 1. The number of hydrogen-bond acceptors (Lipinski definition) is 4. The lowest BCUT2D eigenvalue weighted by Gasteiger charge is -2.13. The quantitative estimate of drug-likeness (QED) is 0.663. The molecule has 1 N–H and O–H groups in total. The molecule has 1 heterocycles. The molecule has 1 aromatic carbocycles. The van der Waals surface area contributed by atoms with Crippen molar-refractivity contribution in [3.63, 3.8) is 0 Å². The van der Waals surface area contributed by atoms with Crippen molar-refractivity contribution in [3.8, 4) is 0 Å². The highest BCUT2D eigenvalue weighted by Crippen LogP contribution is 2.25. The van der Waals surface area contributed by atoms with Gasteiger partial charge in [-0.05, 0) is 24.3 Å². The van der Waals surface area contributed by atoms with Gasteiger partial charge in [-0.1, -0.05) is 26.5 Å². The van der Waals surface area contributed by atoms with Crippen molar-refractivity contribution in [1.29, 1.82) is 0 Å². The molecular weight excluding hydrogens is 260 g/mol. The summed E-state index contributed by atoms with van der Waals surface area (Å²) in [5.41, 5.74) is 1.05. The predicted molar refractivity (Wildman–Crippen MR) is 75.7 cm³/mol. The van der Waals surface area contributed by atoms with Crippen molar-refractivity contribution in [2.45, 2.75) is 39.2 Å². The largest absolute Gasteiger partial charge is 0.444 e. The lowest BCUT2D eigenvalue weighted by molar-refractivity contribution is -0.384. The van der Waals surface area contributed by atoms with E-state index in [2.05, 4.69) is 5.32 Å². The van der Waals surface area contributed by atoms with Crippen LogP contribution in [0.25, 0.3) is 0 Å². The highest BCUT2D eigenvalue weighted by atomic mass is 16.6. The van der Waals surface area contributed by atoms with Crippen LogP contribution in [0.1, 0.15) is 38.7 Å². The van der Waals surface area contributed by atoms with Crippen molar-refractivity contribution in [1.82, 2.24) is 5.32 Å². The first-order valence-corrected chi connectivity index (χ1v) is 6.25. The van der Waals surface area contributed by atoms with E-state index in [1.165, 1.54) is 6.07 Å². The van der Waals surface area contributed by atoms with Gasteiger partial charge in [0.25, 0.3) is 5.69 Å². The molecule has 1 aliphatic rings. The second-order valence-corrected chi connectivity index (χ2v) is 4.74. The normalized spacial score (nSPS) is 18.6. The van der Waals surface area contributed by atoms with Crippen molar-refractivity contribution < 1.29 is 14.5 Å². The molecule has 1 aliphatic heterocycles. The van der Waals surface area contributed by atoms with Gasteiger partial charge in [0.2, 0.25) is 0 Å². The number of carbonyl (C=O) groups excluding carboxylic acids is 1. The van der Waals surface area contributed by atoms with Gasteiger partial charge < -0.3 is 10.1 Å². The van der Waals surface area contributed by atoms with E-state index in [4.69, 9.17) is 4.74 Å². The molecule has 1 aromatic rings. The number of rotatable bonds is 5. The summed E-state index contributed by atoms with van der Waals surface area (Å²) in [5.74, 6) is 0.194. The third-order valence-electron chi connectivity index (χ3n) is 3.32. The molecule has 1 saturated heterocycles. The van der Waals surface area contributed by atoms with Crippen molar-refractivity contribution in [2.24, 2.45) is 0 Å². The Labute approximate surface area is 118 Å². The summed E-state index contributed by atoms with van der Waals surface area (Å²) in [7, 11) is 0. The zero-order chi connectivity index (χ0) is 13.8. The summed E-state index contributed by atoms with van der Waals surface area (Å²) in [6.45, 7) is 2.56. The van der Waals surface area contributed by atoms with Gasteiger partial charge in [-0.3, -0.25) is 10.1 Å². The molecule has 110 valence electrons. The highest BCUT2D eigenvalue weighted by molar-refractivity contribution is 5.69. The van der Waals surface area contributed by atoms with Gasteiger partial charge in [-0.15, -0.1) is 0 Å². The molecule has 0 aliphatic carbocycles. The third kappa shape index (κ3) is 3.94. The number of amides is 1. The third-order valence-corrected chi connectivity index (χ3v) is 3.32. The number of benzene rings is 1. The van der Waals surface area contributed by atoms with Gasteiger partial charge in [0.05, 0.1) is 11.5 Å². The maximum absolute atomic E-state index is 10.9. The number of nitro groups is 1. The summed E-state index contributed by atoms with van der Waals surface area (Å²) >= 11 is 0. The molecule has 0 aromatic heterocycles. The Morgan fingerprint density at radius 1 is 1.55 bits per heavy atom. The van der Waals surface area contributed by atoms with Crippen LogP contribution in [-0.2, 0) is 4.74 Å². The van der Waals surface area contributed by atoms with Gasteiger partial charge in [-0.2, -0.15) is 0 Å². The summed E-state index contributed by atoms with van der Waals surface area (Å²) < 4.78 is 5.05. The Morgan fingerprint density at radius 2 is 2.30 bits per heavy atom. The molecule has 0 radical (unpaired) electrons. The summed E-state index contributed by atoms with van der Waals surface area (Å²) in [6, 6.07) is 6.67. The number of ether oxygens (including phenoxy) is 1. The lowest BCUT2D eigenvalue weighted by atomic mass is 9.94. The number of carbonyl (C=O) groups is 1. The fourth-order valence-corrected chi connectivity index (χ4v) is 2.14. The Kier molecular flexibility index (Phi) is 5.49. The van der Waals surface area contributed by atoms with Crippen LogP contribution in [0.2, 0.25) is 0 Å². The van der Waals surface area contributed by atoms with Crippen LogP contribution in [0, 0.1) is 10.1 Å². The molecule has 0 saturated carbocycles. The maximum atomic E-state index is 10.9. The molecular formula is C14H20N2O4. The number of nitrogens with one attached hydrogen (secondary N) is 1. The van der Waals surface area contributed by atoms with E-state index in [0.29, 0.717) is 6.54 Å². The number of hydrogen-bond donors (Lipinski definition) is 1. The standard InChI is InChI=1S/C13H16N2O4.CH4/c1-9(5-6-12-8-14-13(16)19-12)10-3-2-4-11(7-10)15(17)18;/h2-4,7,9,12H,5-6,8H2,1H3,(H,14,16);1H4/t9-,12-;/m1./s1. The minimum Gasteiger partial charge on any atom is -0.444 e. The van der Waals surface area contributed by atoms with E-state index in [-0.39, 0.29) is 36.2 Å². The van der Waals surface area contributed by atoms with Gasteiger partial charge >= 0.3 is 6.09 Å². The molecule has 2 atom stereocenters.